The van der Waals surface area contributed by atoms with Crippen molar-refractivity contribution in [1.29, 1.82) is 0 Å². The van der Waals surface area contributed by atoms with E-state index >= 15 is 0 Å². The molecule has 1 atom stereocenters. The molecule has 8 nitrogen and oxygen atoms in total. The first-order valence-corrected chi connectivity index (χ1v) is 9.23. The third kappa shape index (κ3) is 2.70. The molecule has 1 aliphatic rings. The SMILES string of the molecule is Nc1ccccc1Nc1ncc2[nH]c(=O)n(C3CCCc4ncccc43)c2n1. The number of hydrogen-bond donors (Lipinski definition) is 3. The second kappa shape index (κ2) is 6.49. The maximum atomic E-state index is 12.8. The lowest BCUT2D eigenvalue weighted by Gasteiger charge is -2.25. The molecule has 0 spiro atoms. The van der Waals surface area contributed by atoms with Crippen LogP contribution >= 0.6 is 0 Å². The summed E-state index contributed by atoms with van der Waals surface area (Å²) in [6, 6.07) is 11.3. The Morgan fingerprint density at radius 2 is 2.07 bits per heavy atom. The molecule has 0 aliphatic heterocycles. The summed E-state index contributed by atoms with van der Waals surface area (Å²) in [6.45, 7) is 0. The first kappa shape index (κ1) is 16.5. The minimum Gasteiger partial charge on any atom is -0.397 e. The Morgan fingerprint density at radius 1 is 1.18 bits per heavy atom. The quantitative estimate of drug-likeness (QED) is 0.476. The first-order chi connectivity index (χ1) is 13.7. The Labute approximate surface area is 160 Å². The van der Waals surface area contributed by atoms with Gasteiger partial charge in [-0.05, 0) is 43.0 Å². The van der Waals surface area contributed by atoms with Gasteiger partial charge in [-0.25, -0.2) is 9.78 Å². The molecule has 3 heterocycles. The lowest BCUT2D eigenvalue weighted by molar-refractivity contribution is 0.481. The highest BCUT2D eigenvalue weighted by Gasteiger charge is 2.26. The van der Waals surface area contributed by atoms with Crippen LogP contribution in [0.3, 0.4) is 0 Å². The number of aromatic nitrogens is 5. The Balaban J connectivity index is 1.61. The van der Waals surface area contributed by atoms with Gasteiger partial charge >= 0.3 is 5.69 Å². The summed E-state index contributed by atoms with van der Waals surface area (Å²) in [5.74, 6) is 0.389. The molecule has 1 unspecified atom stereocenters. The van der Waals surface area contributed by atoms with Crippen LogP contribution in [0.15, 0.2) is 53.6 Å². The van der Waals surface area contributed by atoms with Crippen LogP contribution < -0.4 is 16.7 Å². The van der Waals surface area contributed by atoms with Crippen LogP contribution in [0.4, 0.5) is 17.3 Å². The second-order valence-electron chi connectivity index (χ2n) is 6.89. The van der Waals surface area contributed by atoms with E-state index in [9.17, 15) is 4.79 Å². The molecule has 0 amide bonds. The fourth-order valence-corrected chi connectivity index (χ4v) is 3.85. The molecule has 0 radical (unpaired) electrons. The molecule has 4 aromatic rings. The third-order valence-corrected chi connectivity index (χ3v) is 5.15. The molecule has 3 aromatic heterocycles. The summed E-state index contributed by atoms with van der Waals surface area (Å²) < 4.78 is 1.72. The third-order valence-electron chi connectivity index (χ3n) is 5.15. The molecule has 0 fully saturated rings. The van der Waals surface area contributed by atoms with Crippen LogP contribution in [-0.2, 0) is 6.42 Å². The highest BCUT2D eigenvalue weighted by atomic mass is 16.1. The average molecular weight is 373 g/mol. The van der Waals surface area contributed by atoms with Crippen molar-refractivity contribution in [2.45, 2.75) is 25.3 Å². The Bertz CT molecular complexity index is 1230. The van der Waals surface area contributed by atoms with E-state index < -0.39 is 0 Å². The van der Waals surface area contributed by atoms with Gasteiger partial charge in [0.2, 0.25) is 5.95 Å². The smallest absolute Gasteiger partial charge is 0.328 e. The van der Waals surface area contributed by atoms with Crippen molar-refractivity contribution in [1.82, 2.24) is 24.5 Å². The van der Waals surface area contributed by atoms with E-state index in [-0.39, 0.29) is 11.7 Å². The average Bonchev–Trinajstić information content (AvgIpc) is 3.04. The van der Waals surface area contributed by atoms with Crippen LogP contribution in [0.5, 0.6) is 0 Å². The van der Waals surface area contributed by atoms with E-state index in [1.165, 1.54) is 0 Å². The van der Waals surface area contributed by atoms with Crippen molar-refractivity contribution in [2.75, 3.05) is 11.1 Å². The Morgan fingerprint density at radius 3 is 2.96 bits per heavy atom. The molecule has 4 N–H and O–H groups in total. The standard InChI is InChI=1S/C20H19N7O/c21-13-6-1-2-7-15(13)24-19-23-11-16-18(26-19)27(20(28)25-16)17-9-3-8-14-12(17)5-4-10-22-14/h1-2,4-7,10-11,17H,3,8-9,21H2,(H,25,28)(H,23,24,26). The van der Waals surface area contributed by atoms with E-state index in [1.807, 2.05) is 30.3 Å². The minimum atomic E-state index is -0.192. The number of aryl methyl sites for hydroxylation is 1. The zero-order chi connectivity index (χ0) is 19.1. The monoisotopic (exact) mass is 373 g/mol. The molecule has 1 aliphatic carbocycles. The molecule has 0 bridgehead atoms. The number of hydrogen-bond acceptors (Lipinski definition) is 6. The molecule has 28 heavy (non-hydrogen) atoms. The number of nitrogens with one attached hydrogen (secondary N) is 2. The van der Waals surface area contributed by atoms with Crippen LogP contribution in [0.1, 0.15) is 30.1 Å². The summed E-state index contributed by atoms with van der Waals surface area (Å²) in [7, 11) is 0. The van der Waals surface area contributed by atoms with Gasteiger partial charge in [-0.1, -0.05) is 18.2 Å². The molecule has 5 rings (SSSR count). The Kier molecular flexibility index (Phi) is 3.82. The summed E-state index contributed by atoms with van der Waals surface area (Å²) in [6.07, 6.45) is 6.19. The molecule has 1 aromatic carbocycles. The number of anilines is 3. The van der Waals surface area contributed by atoms with E-state index in [2.05, 4.69) is 25.3 Å². The van der Waals surface area contributed by atoms with Crippen molar-refractivity contribution < 1.29 is 0 Å². The lowest BCUT2D eigenvalue weighted by Crippen LogP contribution is -2.27. The van der Waals surface area contributed by atoms with E-state index in [4.69, 9.17) is 5.73 Å². The second-order valence-corrected chi connectivity index (χ2v) is 6.89. The van der Waals surface area contributed by atoms with E-state index in [1.54, 1.807) is 23.0 Å². The largest absolute Gasteiger partial charge is 0.397 e. The normalized spacial score (nSPS) is 16.1. The van der Waals surface area contributed by atoms with Gasteiger partial charge in [0, 0.05) is 11.9 Å². The maximum absolute atomic E-state index is 12.8. The van der Waals surface area contributed by atoms with Crippen LogP contribution in [-0.4, -0.2) is 24.5 Å². The number of nitrogens with zero attached hydrogens (tertiary/aromatic N) is 4. The number of para-hydroxylation sites is 2. The van der Waals surface area contributed by atoms with Crippen molar-refractivity contribution in [3.05, 3.63) is 70.5 Å². The van der Waals surface area contributed by atoms with Crippen molar-refractivity contribution in [3.8, 4) is 0 Å². The molecular weight excluding hydrogens is 354 g/mol. The number of fused-ring (bicyclic) bond motifs is 2. The van der Waals surface area contributed by atoms with Gasteiger partial charge in [0.15, 0.2) is 5.65 Å². The lowest BCUT2D eigenvalue weighted by atomic mass is 9.91. The zero-order valence-corrected chi connectivity index (χ0v) is 15.1. The van der Waals surface area contributed by atoms with Gasteiger partial charge in [0.1, 0.15) is 5.52 Å². The number of pyridine rings is 1. The molecular formula is C20H19N7O. The highest BCUT2D eigenvalue weighted by molar-refractivity contribution is 5.74. The van der Waals surface area contributed by atoms with E-state index in [0.717, 1.165) is 36.2 Å². The van der Waals surface area contributed by atoms with Gasteiger partial charge < -0.3 is 16.0 Å². The van der Waals surface area contributed by atoms with Crippen LogP contribution in [0.2, 0.25) is 0 Å². The maximum Gasteiger partial charge on any atom is 0.328 e. The summed E-state index contributed by atoms with van der Waals surface area (Å²) in [5, 5.41) is 3.13. The topological polar surface area (TPSA) is 115 Å². The predicted octanol–water partition coefficient (Wildman–Crippen LogP) is 2.77. The molecule has 0 saturated carbocycles. The van der Waals surface area contributed by atoms with Gasteiger partial charge in [-0.15, -0.1) is 0 Å². The molecule has 0 saturated heterocycles. The number of nitrogens with two attached hydrogens (primary N) is 1. The highest BCUT2D eigenvalue weighted by Crippen LogP contribution is 2.32. The van der Waals surface area contributed by atoms with E-state index in [0.29, 0.717) is 22.8 Å². The van der Waals surface area contributed by atoms with Gasteiger partial charge in [0.25, 0.3) is 0 Å². The van der Waals surface area contributed by atoms with Crippen LogP contribution in [0, 0.1) is 0 Å². The minimum absolute atomic E-state index is 0.0942. The fraction of sp³-hybridized carbons (Fsp3) is 0.200. The number of rotatable bonds is 3. The van der Waals surface area contributed by atoms with Crippen LogP contribution in [0.25, 0.3) is 11.2 Å². The molecule has 140 valence electrons. The first-order valence-electron chi connectivity index (χ1n) is 9.23. The van der Waals surface area contributed by atoms with Gasteiger partial charge in [-0.3, -0.25) is 9.55 Å². The Hall–Kier alpha value is -3.68. The van der Waals surface area contributed by atoms with Gasteiger partial charge in [-0.2, -0.15) is 4.98 Å². The van der Waals surface area contributed by atoms with Crippen molar-refractivity contribution in [3.63, 3.8) is 0 Å². The number of nitrogen functional groups attached to an aromatic ring is 1. The number of H-pyrrole nitrogens is 1. The van der Waals surface area contributed by atoms with Crippen molar-refractivity contribution in [2.24, 2.45) is 0 Å². The summed E-state index contributed by atoms with van der Waals surface area (Å²) >= 11 is 0. The van der Waals surface area contributed by atoms with Crippen molar-refractivity contribution >= 4 is 28.5 Å². The summed E-state index contributed by atoms with van der Waals surface area (Å²) in [5.41, 5.74) is 10.4. The molecule has 8 heteroatoms. The predicted molar refractivity (Wildman–Crippen MR) is 108 cm³/mol. The summed E-state index contributed by atoms with van der Waals surface area (Å²) in [4.78, 5) is 29.0. The van der Waals surface area contributed by atoms with Gasteiger partial charge in [0.05, 0.1) is 23.6 Å². The number of benzene rings is 1. The number of imidazole rings is 1. The zero-order valence-electron chi connectivity index (χ0n) is 15.1. The number of aromatic amines is 1. The fourth-order valence-electron chi connectivity index (χ4n) is 3.85.